The van der Waals surface area contributed by atoms with Gasteiger partial charge in [0, 0.05) is 16.3 Å². The smallest absolute Gasteiger partial charge is 0.182 e. The van der Waals surface area contributed by atoms with Crippen LogP contribution in [0.1, 0.15) is 12.8 Å². The summed E-state index contributed by atoms with van der Waals surface area (Å²) < 4.78 is 25.2. The molecule has 0 bridgehead atoms. The summed E-state index contributed by atoms with van der Waals surface area (Å²) in [4.78, 5) is 2.63. The Morgan fingerprint density at radius 2 is 1.61 bits per heavy atom. The van der Waals surface area contributed by atoms with E-state index in [1.807, 2.05) is 42.5 Å². The molecule has 1 fully saturated rings. The maximum Gasteiger partial charge on any atom is 0.182 e. The van der Waals surface area contributed by atoms with Crippen LogP contribution in [-0.4, -0.2) is 26.8 Å². The molecule has 0 radical (unpaired) electrons. The van der Waals surface area contributed by atoms with E-state index in [2.05, 4.69) is 5.32 Å². The van der Waals surface area contributed by atoms with Crippen LogP contribution in [0.25, 0.3) is 0 Å². The summed E-state index contributed by atoms with van der Waals surface area (Å²) in [7, 11) is -3.22. The third-order valence-electron chi connectivity index (χ3n) is 3.82. The Balaban J connectivity index is 0.00000192. The summed E-state index contributed by atoms with van der Waals surface area (Å²) in [6.07, 6.45) is 1.67. The lowest BCUT2D eigenvalue weighted by Gasteiger charge is -2.22. The summed E-state index contributed by atoms with van der Waals surface area (Å²) in [5.74, 6) is 0. The third kappa shape index (κ3) is 4.51. The maximum absolute atomic E-state index is 12.6. The van der Waals surface area contributed by atoms with E-state index in [1.165, 1.54) is 0 Å². The second kappa shape index (κ2) is 8.20. The van der Waals surface area contributed by atoms with Crippen molar-refractivity contribution in [2.24, 2.45) is 0 Å². The van der Waals surface area contributed by atoms with Gasteiger partial charge in [0.25, 0.3) is 0 Å². The zero-order valence-electron chi connectivity index (χ0n) is 12.6. The van der Waals surface area contributed by atoms with Crippen molar-refractivity contribution >= 4 is 34.0 Å². The molecule has 0 aliphatic carbocycles. The van der Waals surface area contributed by atoms with Gasteiger partial charge in [-0.25, -0.2) is 8.42 Å². The van der Waals surface area contributed by atoms with Crippen LogP contribution in [0.15, 0.2) is 69.3 Å². The average Bonchev–Trinajstić information content (AvgIpc) is 2.57. The van der Waals surface area contributed by atoms with Gasteiger partial charge in [0.1, 0.15) is 0 Å². The number of rotatable bonds is 4. The molecule has 1 aliphatic rings. The van der Waals surface area contributed by atoms with E-state index in [9.17, 15) is 8.42 Å². The van der Waals surface area contributed by atoms with Crippen LogP contribution in [-0.2, 0) is 9.84 Å². The average molecular weight is 370 g/mol. The van der Waals surface area contributed by atoms with E-state index < -0.39 is 9.84 Å². The fourth-order valence-electron chi connectivity index (χ4n) is 2.60. The monoisotopic (exact) mass is 369 g/mol. The van der Waals surface area contributed by atoms with Gasteiger partial charge >= 0.3 is 0 Å². The van der Waals surface area contributed by atoms with Crippen molar-refractivity contribution in [2.45, 2.75) is 32.8 Å². The van der Waals surface area contributed by atoms with Crippen molar-refractivity contribution in [3.8, 4) is 0 Å². The fraction of sp³-hybridized carbons (Fsp3) is 0.294. The van der Waals surface area contributed by atoms with E-state index in [0.717, 1.165) is 29.2 Å². The van der Waals surface area contributed by atoms with Crippen LogP contribution in [0.3, 0.4) is 0 Å². The van der Waals surface area contributed by atoms with Gasteiger partial charge in [-0.05, 0) is 55.8 Å². The fourth-order valence-corrected chi connectivity index (χ4v) is 5.15. The van der Waals surface area contributed by atoms with Crippen molar-refractivity contribution in [2.75, 3.05) is 13.1 Å². The second-order valence-corrected chi connectivity index (χ2v) is 8.77. The Morgan fingerprint density at radius 3 is 2.22 bits per heavy atom. The molecule has 1 atom stereocenters. The Bertz CT molecular complexity index is 712. The number of hydrogen-bond donors (Lipinski definition) is 1. The molecule has 1 heterocycles. The Hall–Kier alpha value is -1.01. The van der Waals surface area contributed by atoms with Gasteiger partial charge in [-0.2, -0.15) is 0 Å². The zero-order chi connectivity index (χ0) is 15.4. The lowest BCUT2D eigenvalue weighted by molar-refractivity contribution is 0.497. The molecule has 0 spiro atoms. The van der Waals surface area contributed by atoms with Gasteiger partial charge < -0.3 is 5.32 Å². The highest BCUT2D eigenvalue weighted by Gasteiger charge is 2.28. The predicted molar refractivity (Wildman–Crippen MR) is 97.3 cm³/mol. The number of hydrogen-bond acceptors (Lipinski definition) is 4. The second-order valence-electron chi connectivity index (χ2n) is 5.40. The number of benzene rings is 2. The molecular formula is C17H20ClNO2S2. The highest BCUT2D eigenvalue weighted by Crippen LogP contribution is 2.29. The van der Waals surface area contributed by atoms with Crippen LogP contribution in [0.4, 0.5) is 0 Å². The largest absolute Gasteiger partial charge is 0.315 e. The highest BCUT2D eigenvalue weighted by molar-refractivity contribution is 7.99. The minimum absolute atomic E-state index is 0. The molecule has 2 aromatic rings. The van der Waals surface area contributed by atoms with E-state index in [1.54, 1.807) is 23.9 Å². The van der Waals surface area contributed by atoms with Crippen molar-refractivity contribution < 1.29 is 8.42 Å². The first kappa shape index (κ1) is 18.3. The maximum atomic E-state index is 12.6. The summed E-state index contributed by atoms with van der Waals surface area (Å²) in [5.41, 5.74) is 0. The van der Waals surface area contributed by atoms with E-state index in [4.69, 9.17) is 0 Å². The molecule has 1 aliphatic heterocycles. The highest BCUT2D eigenvalue weighted by atomic mass is 35.5. The predicted octanol–water partition coefficient (Wildman–Crippen LogP) is 3.79. The normalized spacial score (nSPS) is 18.2. The number of piperidine rings is 1. The molecule has 3 rings (SSSR count). The van der Waals surface area contributed by atoms with Crippen molar-refractivity contribution in [3.63, 3.8) is 0 Å². The van der Waals surface area contributed by atoms with Crippen LogP contribution >= 0.6 is 24.2 Å². The minimum atomic E-state index is -3.22. The molecular weight excluding hydrogens is 350 g/mol. The van der Waals surface area contributed by atoms with Gasteiger partial charge in [-0.15, -0.1) is 12.4 Å². The molecule has 0 saturated carbocycles. The summed E-state index contributed by atoms with van der Waals surface area (Å²) in [6, 6.07) is 17.3. The quantitative estimate of drug-likeness (QED) is 0.890. The lowest BCUT2D eigenvalue weighted by Crippen LogP contribution is -2.38. The SMILES string of the molecule is Cl.O=S(=O)(c1ccc(Sc2ccccc2)cc1)C1CCCNC1. The molecule has 0 amide bonds. The van der Waals surface area contributed by atoms with Gasteiger partial charge in [-0.3, -0.25) is 0 Å². The van der Waals surface area contributed by atoms with Gasteiger partial charge in [0.05, 0.1) is 10.1 Å². The minimum Gasteiger partial charge on any atom is -0.315 e. The zero-order valence-corrected chi connectivity index (χ0v) is 15.1. The summed E-state index contributed by atoms with van der Waals surface area (Å²) >= 11 is 1.64. The Kier molecular flexibility index (Phi) is 6.53. The number of halogens is 1. The van der Waals surface area contributed by atoms with Crippen molar-refractivity contribution in [1.29, 1.82) is 0 Å². The lowest BCUT2D eigenvalue weighted by atomic mass is 10.2. The number of nitrogens with one attached hydrogen (secondary N) is 1. The molecule has 124 valence electrons. The van der Waals surface area contributed by atoms with Gasteiger partial charge in [0.15, 0.2) is 9.84 Å². The third-order valence-corrected chi connectivity index (χ3v) is 7.05. The summed E-state index contributed by atoms with van der Waals surface area (Å²) in [6.45, 7) is 1.47. The first-order chi connectivity index (χ1) is 10.7. The molecule has 0 aromatic heterocycles. The van der Waals surface area contributed by atoms with Crippen LogP contribution in [0.2, 0.25) is 0 Å². The van der Waals surface area contributed by atoms with Crippen LogP contribution in [0, 0.1) is 0 Å². The van der Waals surface area contributed by atoms with E-state index in [-0.39, 0.29) is 17.7 Å². The molecule has 1 unspecified atom stereocenters. The van der Waals surface area contributed by atoms with E-state index >= 15 is 0 Å². The Labute approximate surface area is 148 Å². The topological polar surface area (TPSA) is 46.2 Å². The van der Waals surface area contributed by atoms with Gasteiger partial charge in [-0.1, -0.05) is 30.0 Å². The first-order valence-electron chi connectivity index (χ1n) is 7.44. The van der Waals surface area contributed by atoms with E-state index in [0.29, 0.717) is 11.4 Å². The molecule has 3 nitrogen and oxygen atoms in total. The van der Waals surface area contributed by atoms with Crippen LogP contribution < -0.4 is 5.32 Å². The van der Waals surface area contributed by atoms with Gasteiger partial charge in [0.2, 0.25) is 0 Å². The molecule has 23 heavy (non-hydrogen) atoms. The van der Waals surface area contributed by atoms with Crippen molar-refractivity contribution in [1.82, 2.24) is 5.32 Å². The molecule has 6 heteroatoms. The molecule has 1 N–H and O–H groups in total. The van der Waals surface area contributed by atoms with Crippen molar-refractivity contribution in [3.05, 3.63) is 54.6 Å². The summed E-state index contributed by atoms with van der Waals surface area (Å²) in [5, 5.41) is 2.87. The molecule has 1 saturated heterocycles. The van der Waals surface area contributed by atoms with Crippen LogP contribution in [0.5, 0.6) is 0 Å². The Morgan fingerprint density at radius 1 is 0.957 bits per heavy atom. The standard InChI is InChI=1S/C17H19NO2S2.ClH/c19-22(20,17-7-4-12-18-13-17)16-10-8-15(9-11-16)21-14-5-2-1-3-6-14;/h1-3,5-6,8-11,17-18H,4,7,12-13H2;1H. The number of sulfone groups is 1. The first-order valence-corrected chi connectivity index (χ1v) is 9.80. The molecule has 2 aromatic carbocycles.